The molecular weight excluding hydrogens is 90.1 g/mol. The number of hydroxylamine groups is 1. The molecule has 1 aliphatic rings. The molecule has 0 fully saturated rings. The summed E-state index contributed by atoms with van der Waals surface area (Å²) >= 11 is 0. The third-order valence-electron chi connectivity index (χ3n) is 0.793. The van der Waals surface area contributed by atoms with Crippen molar-refractivity contribution in [1.29, 1.82) is 0 Å². The third-order valence-corrected chi connectivity index (χ3v) is 0.793. The minimum absolute atomic E-state index is 0.583. The maximum absolute atomic E-state index is 4.80. The van der Waals surface area contributed by atoms with Gasteiger partial charge in [-0.25, -0.2) is 5.48 Å². The van der Waals surface area contributed by atoms with Crippen LogP contribution in [0.1, 0.15) is 6.42 Å². The van der Waals surface area contributed by atoms with Gasteiger partial charge in [-0.05, 0) is 12.5 Å². The van der Waals surface area contributed by atoms with Crippen LogP contribution in [0.4, 0.5) is 0 Å². The van der Waals surface area contributed by atoms with Gasteiger partial charge in [0.25, 0.3) is 0 Å². The largest absolute Gasteiger partial charge is 0.297 e. The van der Waals surface area contributed by atoms with Crippen molar-refractivity contribution in [1.82, 2.24) is 5.48 Å². The van der Waals surface area contributed by atoms with Gasteiger partial charge in [-0.15, -0.1) is 0 Å². The van der Waals surface area contributed by atoms with E-state index in [1.165, 1.54) is 0 Å². The van der Waals surface area contributed by atoms with E-state index in [-0.39, 0.29) is 0 Å². The van der Waals surface area contributed by atoms with Crippen molar-refractivity contribution in [2.75, 3.05) is 13.2 Å². The van der Waals surface area contributed by atoms with Crippen molar-refractivity contribution in [3.05, 3.63) is 12.2 Å². The lowest BCUT2D eigenvalue weighted by atomic mass is 10.4. The van der Waals surface area contributed by atoms with Crippen LogP contribution < -0.4 is 5.48 Å². The Kier molecular flexibility index (Phi) is 1.90. The van der Waals surface area contributed by atoms with Gasteiger partial charge >= 0.3 is 0 Å². The van der Waals surface area contributed by atoms with E-state index in [0.717, 1.165) is 13.0 Å². The molecule has 0 aliphatic carbocycles. The number of rotatable bonds is 0. The zero-order valence-electron chi connectivity index (χ0n) is 4.11. The molecule has 0 spiro atoms. The van der Waals surface area contributed by atoms with Gasteiger partial charge in [0.1, 0.15) is 0 Å². The maximum atomic E-state index is 4.80. The van der Waals surface area contributed by atoms with Crippen molar-refractivity contribution >= 4 is 0 Å². The van der Waals surface area contributed by atoms with Crippen molar-refractivity contribution in [3.63, 3.8) is 0 Å². The standard InChI is InChI=1S/C5H8NO/c1-2-4-6-7-5-3-1/h1,6H,2,4-5H2. The van der Waals surface area contributed by atoms with Crippen molar-refractivity contribution in [2.24, 2.45) is 0 Å². The van der Waals surface area contributed by atoms with E-state index in [1.807, 2.05) is 6.08 Å². The lowest BCUT2D eigenvalue weighted by Crippen LogP contribution is -2.12. The molecule has 1 radical (unpaired) electrons. The van der Waals surface area contributed by atoms with E-state index < -0.39 is 0 Å². The fourth-order valence-corrected chi connectivity index (χ4v) is 0.457. The van der Waals surface area contributed by atoms with Crippen LogP contribution in [0.3, 0.4) is 0 Å². The molecule has 0 atom stereocenters. The molecule has 0 aromatic carbocycles. The molecule has 1 heterocycles. The van der Waals surface area contributed by atoms with E-state index in [2.05, 4.69) is 11.6 Å². The van der Waals surface area contributed by atoms with Gasteiger partial charge in [0.15, 0.2) is 0 Å². The number of hydrogen-bond acceptors (Lipinski definition) is 2. The zero-order valence-corrected chi connectivity index (χ0v) is 4.11. The molecule has 0 amide bonds. The molecule has 1 N–H and O–H groups in total. The van der Waals surface area contributed by atoms with E-state index in [9.17, 15) is 0 Å². The van der Waals surface area contributed by atoms with Crippen molar-refractivity contribution in [3.8, 4) is 0 Å². The Morgan fingerprint density at radius 2 is 2.71 bits per heavy atom. The summed E-state index contributed by atoms with van der Waals surface area (Å²) in [5.74, 6) is 0. The maximum Gasteiger partial charge on any atom is 0.0933 e. The highest BCUT2D eigenvalue weighted by Gasteiger charge is 1.86. The summed E-state index contributed by atoms with van der Waals surface area (Å²) in [5.41, 5.74) is 2.75. The van der Waals surface area contributed by atoms with Crippen LogP contribution in [0.5, 0.6) is 0 Å². The summed E-state index contributed by atoms with van der Waals surface area (Å²) in [4.78, 5) is 4.80. The molecule has 39 valence electrons. The summed E-state index contributed by atoms with van der Waals surface area (Å²) in [6.45, 7) is 1.49. The molecule has 1 aliphatic heterocycles. The second kappa shape index (κ2) is 2.77. The van der Waals surface area contributed by atoms with Gasteiger partial charge in [-0.2, -0.15) is 0 Å². The van der Waals surface area contributed by atoms with Crippen molar-refractivity contribution < 1.29 is 4.84 Å². The van der Waals surface area contributed by atoms with Gasteiger partial charge in [-0.1, -0.05) is 6.08 Å². The third kappa shape index (κ3) is 1.71. The molecule has 0 unspecified atom stereocenters. The lowest BCUT2D eigenvalue weighted by molar-refractivity contribution is 0.0652. The number of nitrogens with one attached hydrogen (secondary N) is 1. The molecule has 1 rings (SSSR count). The minimum Gasteiger partial charge on any atom is -0.297 e. The van der Waals surface area contributed by atoms with Crippen LogP contribution in [-0.4, -0.2) is 13.2 Å². The predicted molar refractivity (Wildman–Crippen MR) is 26.4 cm³/mol. The van der Waals surface area contributed by atoms with Crippen LogP contribution in [0.2, 0.25) is 0 Å². The van der Waals surface area contributed by atoms with Crippen LogP contribution >= 0.6 is 0 Å². The Morgan fingerprint density at radius 3 is 3.71 bits per heavy atom. The summed E-state index contributed by atoms with van der Waals surface area (Å²) in [6, 6.07) is 0. The molecule has 0 aromatic heterocycles. The summed E-state index contributed by atoms with van der Waals surface area (Å²) < 4.78 is 0. The first-order valence-corrected chi connectivity index (χ1v) is 2.40. The summed E-state index contributed by atoms with van der Waals surface area (Å²) in [6.07, 6.45) is 5.95. The molecule has 0 bridgehead atoms. The first-order valence-electron chi connectivity index (χ1n) is 2.40. The van der Waals surface area contributed by atoms with E-state index in [0.29, 0.717) is 6.61 Å². The minimum atomic E-state index is 0.583. The zero-order chi connectivity index (χ0) is 4.95. The Hall–Kier alpha value is -0.340. The topological polar surface area (TPSA) is 21.3 Å². The Bertz CT molecular complexity index is 62.5. The van der Waals surface area contributed by atoms with E-state index in [4.69, 9.17) is 4.84 Å². The predicted octanol–water partition coefficient (Wildman–Crippen LogP) is 0.271. The van der Waals surface area contributed by atoms with Gasteiger partial charge < -0.3 is 0 Å². The molecule has 7 heavy (non-hydrogen) atoms. The fourth-order valence-electron chi connectivity index (χ4n) is 0.457. The molecule has 2 nitrogen and oxygen atoms in total. The Balaban J connectivity index is 2.20. The first-order chi connectivity index (χ1) is 3.50. The quantitative estimate of drug-likeness (QED) is 0.469. The fraction of sp³-hybridized carbons (Fsp3) is 0.600. The summed E-state index contributed by atoms with van der Waals surface area (Å²) in [5, 5.41) is 0. The second-order valence-corrected chi connectivity index (χ2v) is 1.38. The van der Waals surface area contributed by atoms with Gasteiger partial charge in [0.2, 0.25) is 0 Å². The summed E-state index contributed by atoms with van der Waals surface area (Å²) in [7, 11) is 0. The number of hydrogen-bond donors (Lipinski definition) is 1. The van der Waals surface area contributed by atoms with E-state index in [1.54, 1.807) is 0 Å². The van der Waals surface area contributed by atoms with Crippen LogP contribution in [0.15, 0.2) is 6.08 Å². The molecule has 0 saturated heterocycles. The van der Waals surface area contributed by atoms with E-state index >= 15 is 0 Å². The smallest absolute Gasteiger partial charge is 0.0933 e. The van der Waals surface area contributed by atoms with Gasteiger partial charge in [0, 0.05) is 6.54 Å². The van der Waals surface area contributed by atoms with Crippen LogP contribution in [0.25, 0.3) is 0 Å². The highest BCUT2D eigenvalue weighted by molar-refractivity contribution is 4.75. The average Bonchev–Trinajstić information content (AvgIpc) is 1.90. The molecule has 2 heteroatoms. The lowest BCUT2D eigenvalue weighted by Gasteiger charge is -1.94. The molecule has 0 aromatic rings. The molecule has 0 saturated carbocycles. The first kappa shape index (κ1) is 4.81. The van der Waals surface area contributed by atoms with Crippen molar-refractivity contribution in [2.45, 2.75) is 6.42 Å². The highest BCUT2D eigenvalue weighted by Crippen LogP contribution is 1.84. The molecular formula is C5H8NO. The normalized spacial score (nSPS) is 21.7. The Morgan fingerprint density at radius 1 is 1.71 bits per heavy atom. The SMILES string of the molecule is [C]1=CCCNOC1. The van der Waals surface area contributed by atoms with Gasteiger partial charge in [-0.3, -0.25) is 4.84 Å². The van der Waals surface area contributed by atoms with Crippen LogP contribution in [-0.2, 0) is 4.84 Å². The average molecular weight is 98.1 g/mol. The monoisotopic (exact) mass is 98.1 g/mol. The highest BCUT2D eigenvalue weighted by atomic mass is 16.6. The Labute approximate surface area is 43.1 Å². The van der Waals surface area contributed by atoms with Crippen LogP contribution in [0, 0.1) is 6.08 Å². The second-order valence-electron chi connectivity index (χ2n) is 1.38. The van der Waals surface area contributed by atoms with Gasteiger partial charge in [0.05, 0.1) is 6.61 Å².